The summed E-state index contributed by atoms with van der Waals surface area (Å²) in [5.74, 6) is -0.547. The molecular weight excluding hydrogens is 304 g/mol. The number of aryl methyl sites for hydroxylation is 1. The fourth-order valence-electron chi connectivity index (χ4n) is 3.32. The Morgan fingerprint density at radius 3 is 2.83 bits per heavy atom. The molecule has 6 heteroatoms. The van der Waals surface area contributed by atoms with Crippen molar-refractivity contribution in [3.8, 4) is 0 Å². The summed E-state index contributed by atoms with van der Waals surface area (Å²) in [5, 5.41) is 1.16. The zero-order valence-corrected chi connectivity index (χ0v) is 14.0. The molecule has 3 N–H and O–H groups in total. The molecule has 1 aromatic heterocycles. The lowest BCUT2D eigenvalue weighted by Gasteiger charge is -2.22. The van der Waals surface area contributed by atoms with E-state index in [2.05, 4.69) is 16.0 Å². The number of aromatic amines is 1. The molecule has 0 aliphatic carbocycles. The monoisotopic (exact) mass is 328 g/mol. The maximum Gasteiger partial charge on any atom is 0.223 e. The highest BCUT2D eigenvalue weighted by Crippen LogP contribution is 2.19. The molecule has 1 saturated heterocycles. The molecule has 2 heterocycles. The van der Waals surface area contributed by atoms with Gasteiger partial charge in [0.15, 0.2) is 0 Å². The first-order valence-electron chi connectivity index (χ1n) is 8.35. The van der Waals surface area contributed by atoms with Crippen molar-refractivity contribution in [3.63, 3.8) is 0 Å². The van der Waals surface area contributed by atoms with Gasteiger partial charge < -0.3 is 20.5 Å². The minimum atomic E-state index is -0.335. The van der Waals surface area contributed by atoms with Crippen LogP contribution >= 0.6 is 0 Å². The molecule has 2 amide bonds. The topological polar surface area (TPSA) is 82.4 Å². The first-order chi connectivity index (χ1) is 11.5. The van der Waals surface area contributed by atoms with E-state index in [1.807, 2.05) is 31.4 Å². The number of aromatic nitrogens is 1. The summed E-state index contributed by atoms with van der Waals surface area (Å²) in [6.07, 6.45) is 3.10. The van der Waals surface area contributed by atoms with Gasteiger partial charge in [-0.1, -0.05) is 18.2 Å². The number of fused-ring (bicyclic) bond motifs is 1. The molecule has 1 unspecified atom stereocenters. The van der Waals surface area contributed by atoms with Crippen molar-refractivity contribution in [2.24, 2.45) is 11.7 Å². The number of nitrogens with zero attached hydrogens (tertiary/aromatic N) is 2. The number of carbonyl (C=O) groups is 2. The molecule has 2 aromatic rings. The number of carbonyl (C=O) groups excluding carboxylic acids is 2. The number of H-pyrrole nitrogens is 1. The van der Waals surface area contributed by atoms with Crippen molar-refractivity contribution in [3.05, 3.63) is 36.0 Å². The summed E-state index contributed by atoms with van der Waals surface area (Å²) in [6, 6.07) is 8.09. The Hall–Kier alpha value is -2.34. The van der Waals surface area contributed by atoms with Gasteiger partial charge in [-0.15, -0.1) is 0 Å². The van der Waals surface area contributed by atoms with E-state index in [4.69, 9.17) is 5.73 Å². The number of para-hydroxylation sites is 1. The molecule has 6 nitrogen and oxygen atoms in total. The summed E-state index contributed by atoms with van der Waals surface area (Å²) in [7, 11) is 1.95. The van der Waals surface area contributed by atoms with Crippen LogP contribution in [0.5, 0.6) is 0 Å². The molecule has 1 atom stereocenters. The third-order valence-electron chi connectivity index (χ3n) is 4.76. The van der Waals surface area contributed by atoms with Crippen LogP contribution in [-0.2, 0) is 16.0 Å². The van der Waals surface area contributed by atoms with E-state index < -0.39 is 0 Å². The van der Waals surface area contributed by atoms with E-state index in [9.17, 15) is 9.59 Å². The van der Waals surface area contributed by atoms with Gasteiger partial charge in [0.05, 0.1) is 5.92 Å². The number of nitrogens with one attached hydrogen (secondary N) is 1. The molecule has 1 fully saturated rings. The normalized spacial score (nSPS) is 19.4. The average Bonchev–Trinajstić information content (AvgIpc) is 2.87. The summed E-state index contributed by atoms with van der Waals surface area (Å²) in [5.41, 5.74) is 7.71. The van der Waals surface area contributed by atoms with Gasteiger partial charge in [0.25, 0.3) is 0 Å². The van der Waals surface area contributed by atoms with E-state index in [-0.39, 0.29) is 17.7 Å². The van der Waals surface area contributed by atoms with Gasteiger partial charge in [0.2, 0.25) is 11.8 Å². The van der Waals surface area contributed by atoms with Crippen molar-refractivity contribution < 1.29 is 9.59 Å². The summed E-state index contributed by atoms with van der Waals surface area (Å²) >= 11 is 0. The molecular formula is C18H24N4O2. The van der Waals surface area contributed by atoms with Crippen molar-refractivity contribution in [2.45, 2.75) is 12.8 Å². The number of hydrogen-bond donors (Lipinski definition) is 2. The zero-order valence-electron chi connectivity index (χ0n) is 14.0. The second kappa shape index (κ2) is 7.05. The molecule has 128 valence electrons. The highest BCUT2D eigenvalue weighted by molar-refractivity contribution is 5.84. The largest absolute Gasteiger partial charge is 0.369 e. The van der Waals surface area contributed by atoms with Gasteiger partial charge in [-0.3, -0.25) is 9.59 Å². The van der Waals surface area contributed by atoms with Crippen molar-refractivity contribution in [1.29, 1.82) is 0 Å². The number of primary amides is 1. The molecule has 1 aliphatic rings. The lowest BCUT2D eigenvalue weighted by molar-refractivity contribution is -0.132. The highest BCUT2D eigenvalue weighted by atomic mass is 16.2. The van der Waals surface area contributed by atoms with E-state index >= 15 is 0 Å². The summed E-state index contributed by atoms with van der Waals surface area (Å²) in [6.45, 7) is 2.45. The van der Waals surface area contributed by atoms with Crippen molar-refractivity contribution in [2.75, 3.05) is 33.2 Å². The number of rotatable bonds is 4. The molecule has 0 bridgehead atoms. The van der Waals surface area contributed by atoms with E-state index in [1.165, 1.54) is 0 Å². The Bertz CT molecular complexity index is 739. The fraction of sp³-hybridized carbons (Fsp3) is 0.444. The average molecular weight is 328 g/mol. The number of amides is 2. The summed E-state index contributed by atoms with van der Waals surface area (Å²) < 4.78 is 0. The van der Waals surface area contributed by atoms with E-state index in [1.54, 1.807) is 4.90 Å². The van der Waals surface area contributed by atoms with Gasteiger partial charge in [-0.2, -0.15) is 0 Å². The van der Waals surface area contributed by atoms with Crippen LogP contribution in [0.1, 0.15) is 12.0 Å². The molecule has 1 aliphatic heterocycles. The van der Waals surface area contributed by atoms with Crippen LogP contribution in [0.25, 0.3) is 10.9 Å². The van der Waals surface area contributed by atoms with Gasteiger partial charge in [-0.05, 0) is 25.1 Å². The first-order valence-corrected chi connectivity index (χ1v) is 8.35. The van der Waals surface area contributed by atoms with Crippen molar-refractivity contribution in [1.82, 2.24) is 14.8 Å². The Kier molecular flexibility index (Phi) is 4.85. The minimum Gasteiger partial charge on any atom is -0.369 e. The third kappa shape index (κ3) is 3.59. The van der Waals surface area contributed by atoms with E-state index in [0.717, 1.165) is 23.0 Å². The van der Waals surface area contributed by atoms with Crippen molar-refractivity contribution >= 4 is 22.7 Å². The molecule has 0 radical (unpaired) electrons. The lowest BCUT2D eigenvalue weighted by atomic mass is 10.1. The molecule has 1 aromatic carbocycles. The van der Waals surface area contributed by atoms with Gasteiger partial charge >= 0.3 is 0 Å². The van der Waals surface area contributed by atoms with Crippen LogP contribution in [0.4, 0.5) is 0 Å². The predicted octanol–water partition coefficient (Wildman–Crippen LogP) is 0.976. The SMILES string of the molecule is CN1CCN(C(=O)CCc2c[nH]c3ccccc23)CC(C(N)=O)C1. The Labute approximate surface area is 141 Å². The standard InChI is InChI=1S/C18H24N4O2/c1-21-8-9-22(12-14(11-21)18(19)24)17(23)7-6-13-10-20-16-5-3-2-4-15(13)16/h2-5,10,14,20H,6-9,11-12H2,1H3,(H2,19,24). The third-order valence-corrected chi connectivity index (χ3v) is 4.76. The van der Waals surface area contributed by atoms with Crippen LogP contribution in [-0.4, -0.2) is 59.8 Å². The molecule has 24 heavy (non-hydrogen) atoms. The number of hydrogen-bond acceptors (Lipinski definition) is 3. The minimum absolute atomic E-state index is 0.0850. The van der Waals surface area contributed by atoms with Crippen LogP contribution in [0, 0.1) is 5.92 Å². The molecule has 0 spiro atoms. The Morgan fingerprint density at radius 1 is 1.25 bits per heavy atom. The predicted molar refractivity (Wildman–Crippen MR) is 93.4 cm³/mol. The maximum absolute atomic E-state index is 12.6. The Balaban J connectivity index is 1.64. The number of likely N-dealkylation sites (N-methyl/N-ethyl adjacent to an activating group) is 1. The zero-order chi connectivity index (χ0) is 17.1. The smallest absolute Gasteiger partial charge is 0.223 e. The summed E-state index contributed by atoms with van der Waals surface area (Å²) in [4.78, 5) is 31.2. The molecule has 0 saturated carbocycles. The van der Waals surface area contributed by atoms with Crippen LogP contribution in [0.15, 0.2) is 30.5 Å². The lowest BCUT2D eigenvalue weighted by Crippen LogP contribution is -2.40. The van der Waals surface area contributed by atoms with Gasteiger partial charge in [0, 0.05) is 49.7 Å². The van der Waals surface area contributed by atoms with Gasteiger partial charge in [0.1, 0.15) is 0 Å². The quantitative estimate of drug-likeness (QED) is 0.877. The maximum atomic E-state index is 12.6. The number of benzene rings is 1. The fourth-order valence-corrected chi connectivity index (χ4v) is 3.32. The Morgan fingerprint density at radius 2 is 2.04 bits per heavy atom. The highest BCUT2D eigenvalue weighted by Gasteiger charge is 2.27. The van der Waals surface area contributed by atoms with Crippen LogP contribution < -0.4 is 5.73 Å². The van der Waals surface area contributed by atoms with E-state index in [0.29, 0.717) is 32.5 Å². The number of nitrogens with two attached hydrogens (primary N) is 1. The molecule has 3 rings (SSSR count). The second-order valence-electron chi connectivity index (χ2n) is 6.56. The van der Waals surface area contributed by atoms with Gasteiger partial charge in [-0.25, -0.2) is 0 Å². The van der Waals surface area contributed by atoms with Crippen LogP contribution in [0.2, 0.25) is 0 Å². The van der Waals surface area contributed by atoms with Crippen LogP contribution in [0.3, 0.4) is 0 Å². The first kappa shape index (κ1) is 16.5. The second-order valence-corrected chi connectivity index (χ2v) is 6.56.